The summed E-state index contributed by atoms with van der Waals surface area (Å²) in [4.78, 5) is 14.7. The fourth-order valence-electron chi connectivity index (χ4n) is 1.86. The number of nitrogens with zero attached hydrogens (tertiary/aromatic N) is 2. The average Bonchev–Trinajstić information content (AvgIpc) is 3.09. The van der Waals surface area contributed by atoms with Gasteiger partial charge in [0.25, 0.3) is 0 Å². The van der Waals surface area contributed by atoms with Crippen LogP contribution < -0.4 is 4.74 Å². The number of hydrogen-bond donors (Lipinski definition) is 1. The molecule has 0 saturated heterocycles. The van der Waals surface area contributed by atoms with Crippen LogP contribution in [0.2, 0.25) is 0 Å². The lowest BCUT2D eigenvalue weighted by Crippen LogP contribution is -1.99. The lowest BCUT2D eigenvalue weighted by molar-refractivity contribution is 0.0696. The minimum atomic E-state index is -1.07. The van der Waals surface area contributed by atoms with Crippen LogP contribution in [0.25, 0.3) is 11.0 Å². The van der Waals surface area contributed by atoms with Crippen LogP contribution in [0.5, 0.6) is 5.75 Å². The van der Waals surface area contributed by atoms with Gasteiger partial charge in [0, 0.05) is 5.38 Å². The molecule has 104 valence electrons. The van der Waals surface area contributed by atoms with E-state index in [0.29, 0.717) is 22.4 Å². The van der Waals surface area contributed by atoms with Gasteiger partial charge in [-0.1, -0.05) is 12.1 Å². The third-order valence-electron chi connectivity index (χ3n) is 2.75. The summed E-state index contributed by atoms with van der Waals surface area (Å²) in [7, 11) is 0. The van der Waals surface area contributed by atoms with E-state index in [1.54, 1.807) is 23.6 Å². The highest BCUT2D eigenvalue weighted by atomic mass is 32.1. The lowest BCUT2D eigenvalue weighted by Gasteiger charge is -2.01. The number of carboxylic acid groups (broad SMARTS) is 1. The van der Waals surface area contributed by atoms with E-state index in [0.717, 1.165) is 11.3 Å². The van der Waals surface area contributed by atoms with Crippen molar-refractivity contribution in [3.05, 3.63) is 46.1 Å². The maximum atomic E-state index is 10.8. The molecule has 7 heteroatoms. The zero-order valence-corrected chi connectivity index (χ0v) is 11.4. The van der Waals surface area contributed by atoms with Gasteiger partial charge >= 0.3 is 5.97 Å². The largest absolute Gasteiger partial charge is 0.482 e. The number of ether oxygens (including phenoxy) is 1. The van der Waals surface area contributed by atoms with Gasteiger partial charge in [-0.25, -0.2) is 9.78 Å². The maximum Gasteiger partial charge on any atom is 0.365 e. The van der Waals surface area contributed by atoms with Crippen LogP contribution in [0.1, 0.15) is 21.3 Å². The molecule has 0 fully saturated rings. The molecule has 6 nitrogen and oxygen atoms in total. The molecule has 3 rings (SSSR count). The minimum absolute atomic E-state index is 0.00570. The Morgan fingerprint density at radius 1 is 1.48 bits per heavy atom. The third-order valence-corrected chi connectivity index (χ3v) is 3.63. The fourth-order valence-corrected chi connectivity index (χ4v) is 2.50. The Morgan fingerprint density at radius 2 is 2.29 bits per heavy atom. The van der Waals surface area contributed by atoms with Gasteiger partial charge in [0.1, 0.15) is 18.3 Å². The number of carboxylic acids is 1. The first-order valence-corrected chi connectivity index (χ1v) is 6.79. The van der Waals surface area contributed by atoms with Gasteiger partial charge in [-0.3, -0.25) is 0 Å². The Balaban J connectivity index is 1.87. The number of nitriles is 1. The van der Waals surface area contributed by atoms with Gasteiger partial charge in [-0.05, 0) is 12.1 Å². The van der Waals surface area contributed by atoms with Crippen LogP contribution in [0.4, 0.5) is 0 Å². The predicted molar refractivity (Wildman–Crippen MR) is 74.3 cm³/mol. The number of benzene rings is 1. The molecule has 0 saturated carbocycles. The normalized spacial score (nSPS) is 10.4. The van der Waals surface area contributed by atoms with Crippen molar-refractivity contribution in [1.82, 2.24) is 4.98 Å². The average molecular weight is 300 g/mol. The molecular weight excluding hydrogens is 292 g/mol. The van der Waals surface area contributed by atoms with Crippen molar-refractivity contribution < 1.29 is 19.1 Å². The van der Waals surface area contributed by atoms with E-state index in [9.17, 15) is 4.79 Å². The number of furan rings is 1. The van der Waals surface area contributed by atoms with Crippen LogP contribution in [0.15, 0.2) is 34.1 Å². The minimum Gasteiger partial charge on any atom is -0.482 e. The number of aromatic carboxylic acids is 1. The van der Waals surface area contributed by atoms with Gasteiger partial charge < -0.3 is 14.3 Å². The maximum absolute atomic E-state index is 10.8. The highest BCUT2D eigenvalue weighted by Gasteiger charge is 2.16. The molecule has 0 aliphatic carbocycles. The SMILES string of the molecule is N#Cc1oc2ccccc2c1OCc1csc(C(=O)O)n1. The van der Waals surface area contributed by atoms with E-state index in [1.165, 1.54) is 0 Å². The number of hydrogen-bond acceptors (Lipinski definition) is 6. The summed E-state index contributed by atoms with van der Waals surface area (Å²) < 4.78 is 11.0. The Bertz CT molecular complexity index is 859. The highest BCUT2D eigenvalue weighted by Crippen LogP contribution is 2.33. The number of para-hydroxylation sites is 1. The second kappa shape index (κ2) is 5.26. The van der Waals surface area contributed by atoms with Crippen molar-refractivity contribution >= 4 is 28.3 Å². The van der Waals surface area contributed by atoms with Gasteiger partial charge in [0.05, 0.1) is 11.1 Å². The zero-order valence-electron chi connectivity index (χ0n) is 10.6. The van der Waals surface area contributed by atoms with Crippen LogP contribution in [-0.2, 0) is 6.61 Å². The Labute approximate surface area is 122 Å². The number of carbonyl (C=O) groups is 1. The summed E-state index contributed by atoms with van der Waals surface area (Å²) in [5.74, 6) is -0.638. The summed E-state index contributed by atoms with van der Waals surface area (Å²) in [6.45, 7) is 0.0714. The first-order valence-electron chi connectivity index (χ1n) is 5.91. The van der Waals surface area contributed by atoms with Crippen molar-refractivity contribution in [1.29, 1.82) is 5.26 Å². The topological polar surface area (TPSA) is 96.3 Å². The molecule has 0 spiro atoms. The number of aromatic nitrogens is 1. The van der Waals surface area contributed by atoms with Crippen molar-refractivity contribution in [3.8, 4) is 11.8 Å². The third kappa shape index (κ3) is 2.44. The van der Waals surface area contributed by atoms with Crippen molar-refractivity contribution in [2.45, 2.75) is 6.61 Å². The molecule has 21 heavy (non-hydrogen) atoms. The summed E-state index contributed by atoms with van der Waals surface area (Å²) in [6, 6.07) is 9.09. The molecular formula is C14H8N2O4S. The lowest BCUT2D eigenvalue weighted by atomic mass is 10.2. The monoisotopic (exact) mass is 300 g/mol. The van der Waals surface area contributed by atoms with E-state index in [4.69, 9.17) is 19.5 Å². The second-order valence-corrected chi connectivity index (χ2v) is 4.96. The van der Waals surface area contributed by atoms with E-state index in [1.807, 2.05) is 12.1 Å². The molecule has 2 heterocycles. The van der Waals surface area contributed by atoms with Crippen LogP contribution in [0.3, 0.4) is 0 Å². The quantitative estimate of drug-likeness (QED) is 0.795. The van der Waals surface area contributed by atoms with Crippen molar-refractivity contribution in [2.24, 2.45) is 0 Å². The number of rotatable bonds is 4. The molecule has 0 aliphatic rings. The summed E-state index contributed by atoms with van der Waals surface area (Å²) >= 11 is 1.03. The number of thiazole rings is 1. The second-order valence-electron chi connectivity index (χ2n) is 4.11. The van der Waals surface area contributed by atoms with Crippen LogP contribution >= 0.6 is 11.3 Å². The Morgan fingerprint density at radius 3 is 3.00 bits per heavy atom. The van der Waals surface area contributed by atoms with Crippen molar-refractivity contribution in [3.63, 3.8) is 0 Å². The Kier molecular flexibility index (Phi) is 3.30. The first-order chi connectivity index (χ1) is 10.2. The van der Waals surface area contributed by atoms with Gasteiger partial charge in [-0.2, -0.15) is 5.26 Å². The molecule has 0 atom stereocenters. The van der Waals surface area contributed by atoms with Crippen LogP contribution in [-0.4, -0.2) is 16.1 Å². The molecule has 0 amide bonds. The zero-order chi connectivity index (χ0) is 14.8. The van der Waals surface area contributed by atoms with Crippen molar-refractivity contribution in [2.75, 3.05) is 0 Å². The van der Waals surface area contributed by atoms with Gasteiger partial charge in [0.2, 0.25) is 10.8 Å². The van der Waals surface area contributed by atoms with Gasteiger partial charge in [-0.15, -0.1) is 11.3 Å². The highest BCUT2D eigenvalue weighted by molar-refractivity contribution is 7.11. The van der Waals surface area contributed by atoms with Crippen LogP contribution in [0, 0.1) is 11.3 Å². The molecule has 1 N–H and O–H groups in total. The van der Waals surface area contributed by atoms with E-state index in [2.05, 4.69) is 4.98 Å². The van der Waals surface area contributed by atoms with E-state index < -0.39 is 5.97 Å². The van der Waals surface area contributed by atoms with E-state index >= 15 is 0 Å². The molecule has 3 aromatic rings. The fraction of sp³-hybridized carbons (Fsp3) is 0.0714. The standard InChI is InChI=1S/C14H8N2O4S/c15-5-11-12(9-3-1-2-4-10(9)20-11)19-6-8-7-21-13(16-8)14(17)18/h1-4,7H,6H2,(H,17,18). The van der Waals surface area contributed by atoms with Gasteiger partial charge in [0.15, 0.2) is 5.75 Å². The molecule has 0 unspecified atom stereocenters. The Hall–Kier alpha value is -2.85. The summed E-state index contributed by atoms with van der Waals surface area (Å²) in [5.41, 5.74) is 1.06. The molecule has 0 bridgehead atoms. The first kappa shape index (κ1) is 13.1. The number of fused-ring (bicyclic) bond motifs is 1. The smallest absolute Gasteiger partial charge is 0.365 e. The predicted octanol–water partition coefficient (Wildman–Crippen LogP) is 3.04. The summed E-state index contributed by atoms with van der Waals surface area (Å²) in [6.07, 6.45) is 0. The molecule has 0 radical (unpaired) electrons. The molecule has 2 aromatic heterocycles. The molecule has 0 aliphatic heterocycles. The molecule has 1 aromatic carbocycles. The van der Waals surface area contributed by atoms with E-state index in [-0.39, 0.29) is 17.4 Å². The summed E-state index contributed by atoms with van der Waals surface area (Å²) in [5, 5.41) is 20.2.